The third-order valence-corrected chi connectivity index (χ3v) is 9.10. The fourth-order valence-corrected chi connectivity index (χ4v) is 5.74. The number of halogens is 1. The first kappa shape index (κ1) is 31.4. The Kier molecular flexibility index (Phi) is 10.6. The van der Waals surface area contributed by atoms with Crippen molar-refractivity contribution >= 4 is 43.5 Å². The van der Waals surface area contributed by atoms with Crippen LogP contribution in [0.25, 0.3) is 0 Å². The molecule has 0 saturated heterocycles. The van der Waals surface area contributed by atoms with Crippen molar-refractivity contribution in [2.24, 2.45) is 5.92 Å². The Hall–Kier alpha value is -3.17. The van der Waals surface area contributed by atoms with Gasteiger partial charge in [0.2, 0.25) is 11.8 Å². The Morgan fingerprint density at radius 1 is 0.875 bits per heavy atom. The molecule has 0 aliphatic carbocycles. The number of anilines is 1. The van der Waals surface area contributed by atoms with E-state index < -0.39 is 28.5 Å². The van der Waals surface area contributed by atoms with Gasteiger partial charge in [0.05, 0.1) is 10.6 Å². The predicted molar refractivity (Wildman–Crippen MR) is 164 cm³/mol. The number of sulfonamides is 1. The number of aryl methyl sites for hydroxylation is 3. The van der Waals surface area contributed by atoms with E-state index in [9.17, 15) is 18.0 Å². The lowest BCUT2D eigenvalue weighted by molar-refractivity contribution is -0.139. The molecule has 3 rings (SSSR count). The molecule has 0 aromatic heterocycles. The molecule has 40 heavy (non-hydrogen) atoms. The lowest BCUT2D eigenvalue weighted by atomic mass is 10.1. The van der Waals surface area contributed by atoms with Crippen LogP contribution in [-0.4, -0.2) is 44.3 Å². The first-order valence-electron chi connectivity index (χ1n) is 13.3. The maximum absolute atomic E-state index is 14.0. The van der Waals surface area contributed by atoms with E-state index >= 15 is 0 Å². The molecule has 0 radical (unpaired) electrons. The highest BCUT2D eigenvalue weighted by atomic mass is 79.9. The Labute approximate surface area is 246 Å². The van der Waals surface area contributed by atoms with Gasteiger partial charge in [-0.1, -0.05) is 65.7 Å². The average molecular weight is 629 g/mol. The van der Waals surface area contributed by atoms with E-state index in [-0.39, 0.29) is 23.3 Å². The summed E-state index contributed by atoms with van der Waals surface area (Å²) in [6.45, 7) is 11.5. The summed E-state index contributed by atoms with van der Waals surface area (Å²) in [7, 11) is -4.10. The van der Waals surface area contributed by atoms with Crippen molar-refractivity contribution in [2.45, 2.75) is 59.0 Å². The molecule has 2 amide bonds. The second-order valence-corrected chi connectivity index (χ2v) is 13.3. The number of rotatable bonds is 11. The normalized spacial score (nSPS) is 12.2. The molecular weight excluding hydrogens is 590 g/mol. The zero-order valence-corrected chi connectivity index (χ0v) is 26.3. The summed E-state index contributed by atoms with van der Waals surface area (Å²) < 4.78 is 29.9. The highest BCUT2D eigenvalue weighted by Crippen LogP contribution is 2.27. The van der Waals surface area contributed by atoms with Crippen LogP contribution in [0, 0.1) is 26.7 Å². The first-order valence-corrected chi connectivity index (χ1v) is 15.5. The number of carbonyl (C=O) groups is 2. The highest BCUT2D eigenvalue weighted by Gasteiger charge is 2.32. The summed E-state index contributed by atoms with van der Waals surface area (Å²) in [6.07, 6.45) is 0. The van der Waals surface area contributed by atoms with E-state index in [2.05, 4.69) is 21.2 Å². The fraction of sp³-hybridized carbons (Fsp3) is 0.355. The van der Waals surface area contributed by atoms with Gasteiger partial charge < -0.3 is 10.2 Å². The Balaban J connectivity index is 2.03. The second-order valence-electron chi connectivity index (χ2n) is 10.6. The lowest BCUT2D eigenvalue weighted by Gasteiger charge is -2.32. The van der Waals surface area contributed by atoms with Crippen LogP contribution in [-0.2, 0) is 26.2 Å². The van der Waals surface area contributed by atoms with Crippen molar-refractivity contribution in [1.29, 1.82) is 0 Å². The SMILES string of the molecule is Cc1ccc(S(=O)(=O)N(CC(=O)N(Cc2ccc(Br)cc2)C(C)C(=O)NCC(C)C)c2ccc(C)c(C)c2)cc1. The van der Waals surface area contributed by atoms with Gasteiger partial charge in [-0.2, -0.15) is 0 Å². The predicted octanol–water partition coefficient (Wildman–Crippen LogP) is 5.76. The van der Waals surface area contributed by atoms with Crippen molar-refractivity contribution in [2.75, 3.05) is 17.4 Å². The quantitative estimate of drug-likeness (QED) is 0.293. The molecule has 9 heteroatoms. The van der Waals surface area contributed by atoms with Gasteiger partial charge in [0.25, 0.3) is 10.0 Å². The van der Waals surface area contributed by atoms with Gasteiger partial charge in [-0.05, 0) is 86.7 Å². The summed E-state index contributed by atoms with van der Waals surface area (Å²) in [6, 6.07) is 18.5. The molecule has 3 aromatic rings. The molecule has 0 aliphatic rings. The van der Waals surface area contributed by atoms with Crippen molar-refractivity contribution < 1.29 is 18.0 Å². The molecule has 7 nitrogen and oxygen atoms in total. The van der Waals surface area contributed by atoms with Crippen LogP contribution in [0.2, 0.25) is 0 Å². The molecule has 0 spiro atoms. The largest absolute Gasteiger partial charge is 0.354 e. The molecule has 0 fully saturated rings. The summed E-state index contributed by atoms with van der Waals surface area (Å²) in [4.78, 5) is 28.6. The van der Waals surface area contributed by atoms with Gasteiger partial charge in [0, 0.05) is 17.6 Å². The highest BCUT2D eigenvalue weighted by molar-refractivity contribution is 9.10. The zero-order chi connectivity index (χ0) is 29.6. The number of hydrogen-bond acceptors (Lipinski definition) is 4. The third kappa shape index (κ3) is 7.95. The standard InChI is InChI=1S/C31H38BrN3O4S/c1-21(2)18-33-31(37)25(6)34(19-26-10-12-27(32)13-11-26)30(36)20-35(28-14-9-23(4)24(5)17-28)40(38,39)29-15-7-22(3)8-16-29/h7-17,21,25H,18-20H2,1-6H3,(H,33,37). The zero-order valence-electron chi connectivity index (χ0n) is 23.9. The summed E-state index contributed by atoms with van der Waals surface area (Å²) in [5.41, 5.74) is 4.05. The maximum atomic E-state index is 14.0. The monoisotopic (exact) mass is 627 g/mol. The Bertz CT molecular complexity index is 1440. The van der Waals surface area contributed by atoms with Crippen molar-refractivity contribution in [3.63, 3.8) is 0 Å². The summed E-state index contributed by atoms with van der Waals surface area (Å²) in [5, 5.41) is 2.90. The molecule has 1 N–H and O–H groups in total. The van der Waals surface area contributed by atoms with Crippen LogP contribution in [0.15, 0.2) is 76.1 Å². The molecule has 0 bridgehead atoms. The third-order valence-electron chi connectivity index (χ3n) is 6.78. The molecule has 214 valence electrons. The van der Waals surface area contributed by atoms with Crippen LogP contribution in [0.4, 0.5) is 5.69 Å². The fourth-order valence-electron chi connectivity index (χ4n) is 4.07. The van der Waals surface area contributed by atoms with E-state index in [1.54, 1.807) is 43.3 Å². The summed E-state index contributed by atoms with van der Waals surface area (Å²) in [5.74, 6) is -0.533. The van der Waals surface area contributed by atoms with Crippen molar-refractivity contribution in [3.05, 3.63) is 93.5 Å². The van der Waals surface area contributed by atoms with Crippen LogP contribution in [0.5, 0.6) is 0 Å². The minimum Gasteiger partial charge on any atom is -0.354 e. The van der Waals surface area contributed by atoms with Crippen molar-refractivity contribution in [3.8, 4) is 0 Å². The van der Waals surface area contributed by atoms with Crippen LogP contribution < -0.4 is 9.62 Å². The number of nitrogens with one attached hydrogen (secondary N) is 1. The van der Waals surface area contributed by atoms with Gasteiger partial charge >= 0.3 is 0 Å². The Morgan fingerprint density at radius 3 is 2.08 bits per heavy atom. The minimum atomic E-state index is -4.10. The number of benzene rings is 3. The summed E-state index contributed by atoms with van der Waals surface area (Å²) >= 11 is 3.43. The smallest absolute Gasteiger partial charge is 0.264 e. The van der Waals surface area contributed by atoms with Crippen LogP contribution >= 0.6 is 15.9 Å². The van der Waals surface area contributed by atoms with Gasteiger partial charge in [0.1, 0.15) is 12.6 Å². The molecule has 0 aliphatic heterocycles. The first-order chi connectivity index (χ1) is 18.8. The number of carbonyl (C=O) groups excluding carboxylic acids is 2. The molecule has 0 heterocycles. The average Bonchev–Trinajstić information content (AvgIpc) is 2.91. The molecular formula is C31H38BrN3O4S. The van der Waals surface area contributed by atoms with E-state index in [1.165, 1.54) is 4.90 Å². The van der Waals surface area contributed by atoms with Crippen LogP contribution in [0.1, 0.15) is 43.0 Å². The van der Waals surface area contributed by atoms with Gasteiger partial charge in [-0.15, -0.1) is 0 Å². The van der Waals surface area contributed by atoms with E-state index in [1.807, 2.05) is 65.0 Å². The molecule has 3 aromatic carbocycles. The minimum absolute atomic E-state index is 0.0892. The second kappa shape index (κ2) is 13.5. The topological polar surface area (TPSA) is 86.8 Å². The lowest BCUT2D eigenvalue weighted by Crippen LogP contribution is -2.51. The number of amides is 2. The van der Waals surface area contributed by atoms with Gasteiger partial charge in [-0.25, -0.2) is 8.42 Å². The molecule has 0 saturated carbocycles. The number of nitrogens with zero attached hydrogens (tertiary/aromatic N) is 2. The van der Waals surface area contributed by atoms with E-state index in [0.717, 1.165) is 31.0 Å². The van der Waals surface area contributed by atoms with E-state index in [4.69, 9.17) is 0 Å². The molecule has 1 atom stereocenters. The Morgan fingerprint density at radius 2 is 1.50 bits per heavy atom. The van der Waals surface area contributed by atoms with Gasteiger partial charge in [0.15, 0.2) is 0 Å². The maximum Gasteiger partial charge on any atom is 0.264 e. The van der Waals surface area contributed by atoms with E-state index in [0.29, 0.717) is 12.2 Å². The van der Waals surface area contributed by atoms with Crippen molar-refractivity contribution in [1.82, 2.24) is 10.2 Å². The van der Waals surface area contributed by atoms with Gasteiger partial charge in [-0.3, -0.25) is 13.9 Å². The number of hydrogen-bond donors (Lipinski definition) is 1. The molecule has 1 unspecified atom stereocenters. The van der Waals surface area contributed by atoms with Crippen LogP contribution in [0.3, 0.4) is 0 Å².